The first kappa shape index (κ1) is 18.4. The predicted molar refractivity (Wildman–Crippen MR) is 95.8 cm³/mol. The van der Waals surface area contributed by atoms with Crippen LogP contribution in [0.5, 0.6) is 0 Å². The molecule has 26 heavy (non-hydrogen) atoms. The zero-order valence-electron chi connectivity index (χ0n) is 15.0. The lowest BCUT2D eigenvalue weighted by Crippen LogP contribution is -2.46. The minimum Gasteiger partial charge on any atom is -0.352 e. The van der Waals surface area contributed by atoms with Crippen molar-refractivity contribution in [1.82, 2.24) is 20.1 Å². The van der Waals surface area contributed by atoms with Gasteiger partial charge < -0.3 is 15.1 Å². The van der Waals surface area contributed by atoms with Crippen LogP contribution in [-0.2, 0) is 20.9 Å². The van der Waals surface area contributed by atoms with Crippen molar-refractivity contribution in [2.45, 2.75) is 38.6 Å². The van der Waals surface area contributed by atoms with Crippen LogP contribution in [0, 0.1) is 5.92 Å². The molecule has 2 aliphatic heterocycles. The van der Waals surface area contributed by atoms with E-state index in [-0.39, 0.29) is 23.6 Å². The Hall–Kier alpha value is -2.44. The molecule has 0 aromatic carbocycles. The third-order valence-corrected chi connectivity index (χ3v) is 5.11. The molecule has 140 valence electrons. The van der Waals surface area contributed by atoms with Crippen molar-refractivity contribution in [2.75, 3.05) is 26.2 Å². The third kappa shape index (κ3) is 4.80. The lowest BCUT2D eigenvalue weighted by atomic mass is 9.96. The van der Waals surface area contributed by atoms with E-state index in [2.05, 4.69) is 10.3 Å². The molecule has 2 aliphatic rings. The van der Waals surface area contributed by atoms with Crippen molar-refractivity contribution in [3.63, 3.8) is 0 Å². The highest BCUT2D eigenvalue weighted by Gasteiger charge is 2.30. The molecule has 0 aliphatic carbocycles. The van der Waals surface area contributed by atoms with Crippen molar-refractivity contribution in [3.05, 3.63) is 30.1 Å². The molecule has 0 spiro atoms. The highest BCUT2D eigenvalue weighted by Crippen LogP contribution is 2.19. The molecule has 0 bridgehead atoms. The molecule has 7 heteroatoms. The number of amides is 3. The molecule has 2 fully saturated rings. The van der Waals surface area contributed by atoms with Crippen molar-refractivity contribution < 1.29 is 14.4 Å². The van der Waals surface area contributed by atoms with Gasteiger partial charge in [0.2, 0.25) is 17.7 Å². The van der Waals surface area contributed by atoms with Crippen molar-refractivity contribution in [3.8, 4) is 0 Å². The summed E-state index contributed by atoms with van der Waals surface area (Å²) in [6.07, 6.45) is 6.76. The van der Waals surface area contributed by atoms with E-state index in [0.29, 0.717) is 45.4 Å². The van der Waals surface area contributed by atoms with E-state index in [1.165, 1.54) is 0 Å². The molecule has 7 nitrogen and oxygen atoms in total. The van der Waals surface area contributed by atoms with Crippen molar-refractivity contribution >= 4 is 17.7 Å². The number of hydrogen-bond acceptors (Lipinski definition) is 4. The van der Waals surface area contributed by atoms with E-state index in [0.717, 1.165) is 24.9 Å². The largest absolute Gasteiger partial charge is 0.352 e. The Morgan fingerprint density at radius 3 is 2.58 bits per heavy atom. The summed E-state index contributed by atoms with van der Waals surface area (Å²) in [5.41, 5.74) is 1.01. The normalized spacial score (nSPS) is 20.5. The van der Waals surface area contributed by atoms with Gasteiger partial charge in [0.1, 0.15) is 0 Å². The predicted octanol–water partition coefficient (Wildman–Crippen LogP) is 0.949. The third-order valence-electron chi connectivity index (χ3n) is 5.11. The van der Waals surface area contributed by atoms with Gasteiger partial charge in [0.05, 0.1) is 5.92 Å². The number of aromatic nitrogens is 1. The first-order chi connectivity index (χ1) is 12.6. The average molecular weight is 358 g/mol. The van der Waals surface area contributed by atoms with Gasteiger partial charge in [0, 0.05) is 58.0 Å². The fraction of sp³-hybridized carbons (Fsp3) is 0.579. The number of pyridine rings is 1. The molecular formula is C19H26N4O3. The fourth-order valence-electron chi connectivity index (χ4n) is 3.57. The molecule has 1 aromatic heterocycles. The maximum absolute atomic E-state index is 12.4. The number of likely N-dealkylation sites (tertiary alicyclic amines) is 2. The monoisotopic (exact) mass is 358 g/mol. The summed E-state index contributed by atoms with van der Waals surface area (Å²) in [5.74, 6) is 0.149. The Morgan fingerprint density at radius 2 is 1.85 bits per heavy atom. The van der Waals surface area contributed by atoms with E-state index < -0.39 is 0 Å². The molecule has 3 rings (SSSR count). The van der Waals surface area contributed by atoms with Crippen LogP contribution in [0.4, 0.5) is 0 Å². The number of carbonyl (C=O) groups excluding carboxylic acids is 3. The standard InChI is InChI=1S/C19H26N4O3/c24-17-3-1-10-22(17)11-2-12-23-14-16(4-5-18(23)25)19(26)21-13-15-6-8-20-9-7-15/h6-9,16H,1-5,10-14H2,(H,21,26)/t16-/m1/s1. The molecule has 0 saturated carbocycles. The van der Waals surface area contributed by atoms with Gasteiger partial charge >= 0.3 is 0 Å². The summed E-state index contributed by atoms with van der Waals surface area (Å²) in [6, 6.07) is 3.74. The minimum absolute atomic E-state index is 0.00553. The van der Waals surface area contributed by atoms with Gasteiger partial charge in [-0.3, -0.25) is 19.4 Å². The Balaban J connectivity index is 1.43. The van der Waals surface area contributed by atoms with Crippen LogP contribution >= 0.6 is 0 Å². The lowest BCUT2D eigenvalue weighted by Gasteiger charge is -2.32. The van der Waals surface area contributed by atoms with E-state index >= 15 is 0 Å². The maximum Gasteiger partial charge on any atom is 0.225 e. The Morgan fingerprint density at radius 1 is 1.12 bits per heavy atom. The number of hydrogen-bond donors (Lipinski definition) is 1. The van der Waals surface area contributed by atoms with Crippen LogP contribution in [0.25, 0.3) is 0 Å². The summed E-state index contributed by atoms with van der Waals surface area (Å²) in [5, 5.41) is 2.95. The van der Waals surface area contributed by atoms with E-state index in [4.69, 9.17) is 0 Å². The van der Waals surface area contributed by atoms with Gasteiger partial charge in [-0.05, 0) is 37.0 Å². The molecule has 3 amide bonds. The number of rotatable bonds is 7. The first-order valence-corrected chi connectivity index (χ1v) is 9.35. The summed E-state index contributed by atoms with van der Waals surface area (Å²) in [6.45, 7) is 3.07. The van der Waals surface area contributed by atoms with Crippen molar-refractivity contribution in [1.29, 1.82) is 0 Å². The second-order valence-electron chi connectivity index (χ2n) is 6.99. The molecule has 1 aromatic rings. The Labute approximate surface area is 153 Å². The molecule has 1 atom stereocenters. The topological polar surface area (TPSA) is 82.6 Å². The Bertz CT molecular complexity index is 649. The number of nitrogens with zero attached hydrogens (tertiary/aromatic N) is 3. The lowest BCUT2D eigenvalue weighted by molar-refractivity contribution is -0.138. The van der Waals surface area contributed by atoms with Crippen LogP contribution in [0.2, 0.25) is 0 Å². The van der Waals surface area contributed by atoms with Gasteiger partial charge in [-0.25, -0.2) is 0 Å². The minimum atomic E-state index is -0.164. The van der Waals surface area contributed by atoms with E-state index in [1.807, 2.05) is 17.0 Å². The van der Waals surface area contributed by atoms with Gasteiger partial charge in [0.25, 0.3) is 0 Å². The summed E-state index contributed by atoms with van der Waals surface area (Å²) >= 11 is 0. The van der Waals surface area contributed by atoms with Crippen LogP contribution in [-0.4, -0.2) is 58.7 Å². The molecule has 1 N–H and O–H groups in total. The smallest absolute Gasteiger partial charge is 0.225 e. The van der Waals surface area contributed by atoms with Crippen LogP contribution in [0.3, 0.4) is 0 Å². The van der Waals surface area contributed by atoms with Gasteiger partial charge in [0.15, 0.2) is 0 Å². The van der Waals surface area contributed by atoms with E-state index in [1.54, 1.807) is 17.3 Å². The van der Waals surface area contributed by atoms with E-state index in [9.17, 15) is 14.4 Å². The van der Waals surface area contributed by atoms with Gasteiger partial charge in [-0.1, -0.05) is 0 Å². The number of carbonyl (C=O) groups is 3. The zero-order valence-corrected chi connectivity index (χ0v) is 15.0. The highest BCUT2D eigenvalue weighted by atomic mass is 16.2. The zero-order chi connectivity index (χ0) is 18.4. The number of piperidine rings is 1. The second kappa shape index (κ2) is 8.78. The quantitative estimate of drug-likeness (QED) is 0.787. The second-order valence-corrected chi connectivity index (χ2v) is 6.99. The Kier molecular flexibility index (Phi) is 6.20. The number of nitrogens with one attached hydrogen (secondary N) is 1. The summed E-state index contributed by atoms with van der Waals surface area (Å²) in [7, 11) is 0. The SMILES string of the molecule is O=C(NCc1ccncc1)[C@@H]1CCC(=O)N(CCCN2CCCC2=O)C1. The van der Waals surface area contributed by atoms with Crippen LogP contribution in [0.1, 0.15) is 37.7 Å². The fourth-order valence-corrected chi connectivity index (χ4v) is 3.57. The molecule has 2 saturated heterocycles. The van der Waals surface area contributed by atoms with Crippen LogP contribution in [0.15, 0.2) is 24.5 Å². The average Bonchev–Trinajstić information content (AvgIpc) is 3.07. The van der Waals surface area contributed by atoms with Gasteiger partial charge in [-0.2, -0.15) is 0 Å². The summed E-state index contributed by atoms with van der Waals surface area (Å²) in [4.78, 5) is 43.8. The molecular weight excluding hydrogens is 332 g/mol. The summed E-state index contributed by atoms with van der Waals surface area (Å²) < 4.78 is 0. The van der Waals surface area contributed by atoms with Crippen LogP contribution < -0.4 is 5.32 Å². The van der Waals surface area contributed by atoms with Gasteiger partial charge in [-0.15, -0.1) is 0 Å². The first-order valence-electron chi connectivity index (χ1n) is 9.35. The van der Waals surface area contributed by atoms with Crippen molar-refractivity contribution in [2.24, 2.45) is 5.92 Å². The molecule has 0 unspecified atom stereocenters. The molecule has 0 radical (unpaired) electrons. The molecule has 3 heterocycles. The maximum atomic E-state index is 12.4. The highest BCUT2D eigenvalue weighted by molar-refractivity contribution is 5.83.